The minimum Gasteiger partial charge on any atom is -0.316 e. The normalized spacial score (nSPS) is 19.7. The third-order valence-corrected chi connectivity index (χ3v) is 3.76. The number of rotatable bonds is 2. The highest BCUT2D eigenvalue weighted by atomic mass is 14.9. The monoisotopic (exact) mass is 237 g/mol. The molecule has 0 bridgehead atoms. The second kappa shape index (κ2) is 5.36. The summed E-state index contributed by atoms with van der Waals surface area (Å²) in [6, 6.07) is 19.6. The van der Waals surface area contributed by atoms with Gasteiger partial charge in [-0.25, -0.2) is 0 Å². The lowest BCUT2D eigenvalue weighted by molar-refractivity contribution is 0.462. The summed E-state index contributed by atoms with van der Waals surface area (Å²) in [4.78, 5) is 0. The molecule has 2 aromatic carbocycles. The summed E-state index contributed by atoms with van der Waals surface area (Å²) >= 11 is 0. The maximum absolute atomic E-state index is 3.49. The van der Waals surface area contributed by atoms with Gasteiger partial charge < -0.3 is 5.32 Å². The summed E-state index contributed by atoms with van der Waals surface area (Å²) in [7, 11) is 0. The zero-order chi connectivity index (χ0) is 12.2. The Morgan fingerprint density at radius 2 is 1.72 bits per heavy atom. The first kappa shape index (κ1) is 11.5. The molecular formula is C17H19N. The van der Waals surface area contributed by atoms with E-state index in [1.54, 1.807) is 0 Å². The zero-order valence-electron chi connectivity index (χ0n) is 10.6. The summed E-state index contributed by atoms with van der Waals surface area (Å²) in [5.41, 5.74) is 4.12. The molecule has 0 aliphatic carbocycles. The van der Waals surface area contributed by atoms with E-state index in [0.717, 1.165) is 6.54 Å². The summed E-state index contributed by atoms with van der Waals surface area (Å²) in [6.07, 6.45) is 2.60. The third kappa shape index (κ3) is 2.46. The van der Waals surface area contributed by atoms with E-state index in [1.165, 1.54) is 36.1 Å². The van der Waals surface area contributed by atoms with Crippen LogP contribution in [-0.2, 0) is 0 Å². The van der Waals surface area contributed by atoms with E-state index >= 15 is 0 Å². The van der Waals surface area contributed by atoms with E-state index in [9.17, 15) is 0 Å². The predicted octanol–water partition coefficient (Wildman–Crippen LogP) is 3.82. The average Bonchev–Trinajstić information content (AvgIpc) is 2.49. The number of hydrogen-bond acceptors (Lipinski definition) is 1. The highest BCUT2D eigenvalue weighted by Crippen LogP contribution is 2.27. The molecule has 0 aromatic heterocycles. The summed E-state index contributed by atoms with van der Waals surface area (Å²) in [6.45, 7) is 2.30. The average molecular weight is 237 g/mol. The van der Waals surface area contributed by atoms with Crippen LogP contribution >= 0.6 is 0 Å². The van der Waals surface area contributed by atoms with Crippen molar-refractivity contribution in [1.82, 2.24) is 5.32 Å². The molecule has 1 atom stereocenters. The van der Waals surface area contributed by atoms with Crippen LogP contribution in [0.1, 0.15) is 24.3 Å². The first-order chi connectivity index (χ1) is 8.93. The second-order valence-electron chi connectivity index (χ2n) is 5.03. The van der Waals surface area contributed by atoms with E-state index in [-0.39, 0.29) is 0 Å². The molecule has 0 amide bonds. The molecule has 0 radical (unpaired) electrons. The lowest BCUT2D eigenvalue weighted by atomic mass is 9.90. The maximum Gasteiger partial charge on any atom is 0.00201 e. The minimum atomic E-state index is 0.683. The maximum atomic E-state index is 3.49. The first-order valence-corrected chi connectivity index (χ1v) is 6.79. The van der Waals surface area contributed by atoms with Crippen molar-refractivity contribution in [3.05, 3.63) is 60.2 Å². The van der Waals surface area contributed by atoms with Crippen molar-refractivity contribution in [3.63, 3.8) is 0 Å². The van der Waals surface area contributed by atoms with Gasteiger partial charge in [-0.1, -0.05) is 54.6 Å². The van der Waals surface area contributed by atoms with Gasteiger partial charge in [0.25, 0.3) is 0 Å². The van der Waals surface area contributed by atoms with E-state index < -0.39 is 0 Å². The third-order valence-electron chi connectivity index (χ3n) is 3.76. The van der Waals surface area contributed by atoms with E-state index in [2.05, 4.69) is 59.9 Å². The summed E-state index contributed by atoms with van der Waals surface area (Å²) in [5, 5.41) is 3.49. The second-order valence-corrected chi connectivity index (χ2v) is 5.03. The molecule has 1 unspecified atom stereocenters. The van der Waals surface area contributed by atoms with Gasteiger partial charge in [-0.2, -0.15) is 0 Å². The van der Waals surface area contributed by atoms with Gasteiger partial charge in [-0.05, 0) is 42.0 Å². The van der Waals surface area contributed by atoms with Crippen molar-refractivity contribution in [2.24, 2.45) is 0 Å². The Hall–Kier alpha value is -1.60. The fraction of sp³-hybridized carbons (Fsp3) is 0.294. The van der Waals surface area contributed by atoms with Crippen LogP contribution in [0.15, 0.2) is 54.6 Å². The Morgan fingerprint density at radius 1 is 0.889 bits per heavy atom. The Morgan fingerprint density at radius 3 is 2.50 bits per heavy atom. The van der Waals surface area contributed by atoms with Gasteiger partial charge in [0.2, 0.25) is 0 Å². The fourth-order valence-electron chi connectivity index (χ4n) is 2.74. The van der Waals surface area contributed by atoms with Gasteiger partial charge in [0.15, 0.2) is 0 Å². The Bertz CT molecular complexity index is 498. The molecule has 0 saturated carbocycles. The van der Waals surface area contributed by atoms with Crippen molar-refractivity contribution >= 4 is 0 Å². The lowest BCUT2D eigenvalue weighted by Gasteiger charge is -2.23. The van der Waals surface area contributed by atoms with Crippen molar-refractivity contribution in [1.29, 1.82) is 0 Å². The van der Waals surface area contributed by atoms with Crippen LogP contribution in [0.4, 0.5) is 0 Å². The van der Waals surface area contributed by atoms with Crippen molar-refractivity contribution < 1.29 is 0 Å². The van der Waals surface area contributed by atoms with Crippen LogP contribution in [0, 0.1) is 0 Å². The smallest absolute Gasteiger partial charge is 0.00201 e. The lowest BCUT2D eigenvalue weighted by Crippen LogP contribution is -2.28. The molecule has 1 heterocycles. The molecule has 2 aromatic rings. The topological polar surface area (TPSA) is 12.0 Å². The standard InChI is InChI=1S/C17H19N/c1-2-6-14(7-3-1)15-8-4-9-16(12-15)17-10-5-11-18-13-17/h1-4,6-9,12,17-18H,5,10-11,13H2. The van der Waals surface area contributed by atoms with E-state index in [1.807, 2.05) is 0 Å². The van der Waals surface area contributed by atoms with Crippen LogP contribution in [0.25, 0.3) is 11.1 Å². The minimum absolute atomic E-state index is 0.683. The van der Waals surface area contributed by atoms with Crippen LogP contribution < -0.4 is 5.32 Å². The van der Waals surface area contributed by atoms with Crippen LogP contribution in [0.2, 0.25) is 0 Å². The molecule has 3 rings (SSSR count). The quantitative estimate of drug-likeness (QED) is 0.837. The molecule has 1 N–H and O–H groups in total. The molecule has 18 heavy (non-hydrogen) atoms. The Kier molecular flexibility index (Phi) is 3.42. The molecule has 1 heteroatoms. The molecule has 1 aliphatic heterocycles. The number of nitrogens with one attached hydrogen (secondary N) is 1. The predicted molar refractivity (Wildman–Crippen MR) is 76.7 cm³/mol. The van der Waals surface area contributed by atoms with Crippen molar-refractivity contribution in [3.8, 4) is 11.1 Å². The Labute approximate surface area is 109 Å². The molecule has 1 aliphatic rings. The van der Waals surface area contributed by atoms with Crippen LogP contribution in [0.5, 0.6) is 0 Å². The number of hydrogen-bond donors (Lipinski definition) is 1. The van der Waals surface area contributed by atoms with E-state index in [0.29, 0.717) is 5.92 Å². The fourth-order valence-corrected chi connectivity index (χ4v) is 2.74. The molecule has 0 spiro atoms. The molecule has 1 nitrogen and oxygen atoms in total. The highest BCUT2D eigenvalue weighted by molar-refractivity contribution is 5.64. The first-order valence-electron chi connectivity index (χ1n) is 6.79. The van der Waals surface area contributed by atoms with Crippen molar-refractivity contribution in [2.75, 3.05) is 13.1 Å². The largest absolute Gasteiger partial charge is 0.316 e. The number of piperidine rings is 1. The SMILES string of the molecule is c1ccc(-c2cccc(C3CCCNC3)c2)cc1. The molecule has 1 saturated heterocycles. The van der Waals surface area contributed by atoms with Gasteiger partial charge in [-0.3, -0.25) is 0 Å². The van der Waals surface area contributed by atoms with Gasteiger partial charge in [-0.15, -0.1) is 0 Å². The summed E-state index contributed by atoms with van der Waals surface area (Å²) in [5.74, 6) is 0.683. The highest BCUT2D eigenvalue weighted by Gasteiger charge is 2.15. The van der Waals surface area contributed by atoms with Crippen LogP contribution in [0.3, 0.4) is 0 Å². The summed E-state index contributed by atoms with van der Waals surface area (Å²) < 4.78 is 0. The van der Waals surface area contributed by atoms with Gasteiger partial charge in [0, 0.05) is 6.54 Å². The molecule has 92 valence electrons. The van der Waals surface area contributed by atoms with Crippen LogP contribution in [-0.4, -0.2) is 13.1 Å². The van der Waals surface area contributed by atoms with Gasteiger partial charge >= 0.3 is 0 Å². The van der Waals surface area contributed by atoms with Crippen molar-refractivity contribution in [2.45, 2.75) is 18.8 Å². The van der Waals surface area contributed by atoms with Gasteiger partial charge in [0.05, 0.1) is 0 Å². The molecule has 1 fully saturated rings. The molecular weight excluding hydrogens is 218 g/mol. The Balaban J connectivity index is 1.89. The van der Waals surface area contributed by atoms with E-state index in [4.69, 9.17) is 0 Å². The zero-order valence-corrected chi connectivity index (χ0v) is 10.6. The van der Waals surface area contributed by atoms with Gasteiger partial charge in [0.1, 0.15) is 0 Å². The number of benzene rings is 2.